The molecule has 6 heteroatoms. The van der Waals surface area contributed by atoms with E-state index in [0.29, 0.717) is 12.5 Å². The van der Waals surface area contributed by atoms with Gasteiger partial charge in [0, 0.05) is 11.7 Å². The molecule has 30 heavy (non-hydrogen) atoms. The topological polar surface area (TPSA) is 67.9 Å². The summed E-state index contributed by atoms with van der Waals surface area (Å²) in [5.41, 5.74) is 0.0936. The Labute approximate surface area is 178 Å². The highest BCUT2D eigenvalue weighted by atomic mass is 16.5. The van der Waals surface area contributed by atoms with Gasteiger partial charge in [-0.25, -0.2) is 0 Å². The summed E-state index contributed by atoms with van der Waals surface area (Å²) in [6.07, 6.45) is 6.80. The molecule has 2 bridgehead atoms. The number of carbonyl (C=O) groups excluding carboxylic acids is 2. The van der Waals surface area contributed by atoms with Crippen LogP contribution in [-0.2, 0) is 14.3 Å². The average molecular weight is 413 g/mol. The van der Waals surface area contributed by atoms with Crippen LogP contribution in [-0.4, -0.2) is 43.2 Å². The standard InChI is InChI=1S/C24H32N2O4/c1-15(2)6-5-7-16(3)25-22(27)20-19-12-13-24(30-19)14-26(23(28)21(20)24)17-8-10-18(29-4)11-9-17/h8-13,15-16,19-21H,5-7,14H2,1-4H3,(H,25,27)/t16-,19-,20+,21+,24-/m1/s1. The molecular weight excluding hydrogens is 380 g/mol. The molecule has 162 valence electrons. The Bertz CT molecular complexity index is 834. The first kappa shape index (κ1) is 20.9. The first-order valence-corrected chi connectivity index (χ1v) is 11.0. The summed E-state index contributed by atoms with van der Waals surface area (Å²) < 4.78 is 11.4. The number of amides is 2. The molecule has 1 aromatic rings. The number of benzene rings is 1. The molecule has 0 radical (unpaired) electrons. The van der Waals surface area contributed by atoms with Gasteiger partial charge in [0.1, 0.15) is 11.4 Å². The van der Waals surface area contributed by atoms with E-state index >= 15 is 0 Å². The minimum atomic E-state index is -0.704. The van der Waals surface area contributed by atoms with E-state index in [0.717, 1.165) is 30.7 Å². The Morgan fingerprint density at radius 3 is 2.67 bits per heavy atom. The van der Waals surface area contributed by atoms with Crippen molar-refractivity contribution in [1.82, 2.24) is 5.32 Å². The number of carbonyl (C=O) groups is 2. The fraction of sp³-hybridized carbons (Fsp3) is 0.583. The highest BCUT2D eigenvalue weighted by Gasteiger charge is 2.67. The zero-order valence-corrected chi connectivity index (χ0v) is 18.3. The van der Waals surface area contributed by atoms with Gasteiger partial charge in [-0.1, -0.05) is 38.8 Å². The van der Waals surface area contributed by atoms with Crippen molar-refractivity contribution in [3.63, 3.8) is 0 Å². The lowest BCUT2D eigenvalue weighted by Crippen LogP contribution is -2.46. The first-order valence-electron chi connectivity index (χ1n) is 11.0. The number of nitrogens with zero attached hydrogens (tertiary/aromatic N) is 1. The minimum absolute atomic E-state index is 0.0420. The number of nitrogens with one attached hydrogen (secondary N) is 1. The molecule has 1 N–H and O–H groups in total. The van der Waals surface area contributed by atoms with Crippen LogP contribution in [0.5, 0.6) is 5.75 Å². The summed E-state index contributed by atoms with van der Waals surface area (Å²) in [7, 11) is 1.61. The summed E-state index contributed by atoms with van der Waals surface area (Å²) in [6.45, 7) is 6.89. The van der Waals surface area contributed by atoms with Crippen LogP contribution in [0.4, 0.5) is 5.69 Å². The van der Waals surface area contributed by atoms with E-state index in [1.54, 1.807) is 12.0 Å². The highest BCUT2D eigenvalue weighted by Crippen LogP contribution is 2.52. The SMILES string of the molecule is COc1ccc(N2C[C@@]34C=C[C@@H](O3)[C@H](C(=O)N[C@H](C)CCCC(C)C)[C@H]4C2=O)cc1. The molecule has 3 aliphatic heterocycles. The number of rotatable bonds is 8. The molecule has 6 nitrogen and oxygen atoms in total. The zero-order chi connectivity index (χ0) is 21.5. The van der Waals surface area contributed by atoms with E-state index in [4.69, 9.17) is 9.47 Å². The third kappa shape index (κ3) is 3.62. The first-order chi connectivity index (χ1) is 14.3. The van der Waals surface area contributed by atoms with Crippen molar-refractivity contribution in [2.24, 2.45) is 17.8 Å². The van der Waals surface area contributed by atoms with Crippen molar-refractivity contribution < 1.29 is 19.1 Å². The van der Waals surface area contributed by atoms with Gasteiger partial charge in [0.2, 0.25) is 11.8 Å². The maximum atomic E-state index is 13.4. The molecular formula is C24H32N2O4. The van der Waals surface area contributed by atoms with E-state index in [1.165, 1.54) is 0 Å². The molecule has 1 aromatic carbocycles. The second-order valence-corrected chi connectivity index (χ2v) is 9.26. The predicted molar refractivity (Wildman–Crippen MR) is 115 cm³/mol. The van der Waals surface area contributed by atoms with Crippen LogP contribution in [0.3, 0.4) is 0 Å². The van der Waals surface area contributed by atoms with Crippen molar-refractivity contribution in [1.29, 1.82) is 0 Å². The van der Waals surface area contributed by atoms with Gasteiger partial charge in [-0.15, -0.1) is 0 Å². The van der Waals surface area contributed by atoms with Crippen molar-refractivity contribution in [3.8, 4) is 5.75 Å². The Morgan fingerprint density at radius 2 is 2.00 bits per heavy atom. The molecule has 5 atom stereocenters. The third-order valence-electron chi connectivity index (χ3n) is 6.59. The third-order valence-corrected chi connectivity index (χ3v) is 6.59. The van der Waals surface area contributed by atoms with E-state index in [9.17, 15) is 9.59 Å². The number of ether oxygens (including phenoxy) is 2. The van der Waals surface area contributed by atoms with E-state index in [1.807, 2.05) is 43.3 Å². The Kier molecular flexibility index (Phi) is 5.62. The maximum absolute atomic E-state index is 13.4. The lowest BCUT2D eigenvalue weighted by Gasteiger charge is -2.25. The largest absolute Gasteiger partial charge is 0.497 e. The second-order valence-electron chi connectivity index (χ2n) is 9.26. The predicted octanol–water partition coefficient (Wildman–Crippen LogP) is 3.31. The number of hydrogen-bond donors (Lipinski definition) is 1. The van der Waals surface area contributed by atoms with Crippen LogP contribution in [0.25, 0.3) is 0 Å². The average Bonchev–Trinajstić information content (AvgIpc) is 3.36. The van der Waals surface area contributed by atoms with Gasteiger partial charge in [0.05, 0.1) is 31.6 Å². The number of anilines is 1. The Morgan fingerprint density at radius 1 is 1.27 bits per heavy atom. The number of fused-ring (bicyclic) bond motifs is 1. The van der Waals surface area contributed by atoms with Crippen molar-refractivity contribution in [2.75, 3.05) is 18.6 Å². The van der Waals surface area contributed by atoms with Gasteiger partial charge in [-0.2, -0.15) is 0 Å². The van der Waals surface area contributed by atoms with E-state index < -0.39 is 17.4 Å². The Hall–Kier alpha value is -2.34. The number of methoxy groups -OCH3 is 1. The fourth-order valence-corrected chi connectivity index (χ4v) is 5.02. The summed E-state index contributed by atoms with van der Waals surface area (Å²) in [4.78, 5) is 28.3. The molecule has 0 unspecified atom stereocenters. The van der Waals surface area contributed by atoms with E-state index in [-0.39, 0.29) is 24.0 Å². The van der Waals surface area contributed by atoms with Gasteiger partial charge in [0.25, 0.3) is 0 Å². The zero-order valence-electron chi connectivity index (χ0n) is 18.3. The normalized spacial score (nSPS) is 30.1. The van der Waals surface area contributed by atoms with Crippen LogP contribution in [0, 0.1) is 17.8 Å². The van der Waals surface area contributed by atoms with Crippen LogP contribution in [0.1, 0.15) is 40.0 Å². The quantitative estimate of drug-likeness (QED) is 0.665. The lowest BCUT2D eigenvalue weighted by atomic mass is 9.76. The molecule has 0 aliphatic carbocycles. The number of hydrogen-bond acceptors (Lipinski definition) is 4. The molecule has 0 saturated carbocycles. The Balaban J connectivity index is 1.47. The van der Waals surface area contributed by atoms with Crippen molar-refractivity contribution in [2.45, 2.75) is 57.8 Å². The van der Waals surface area contributed by atoms with Crippen LogP contribution in [0.15, 0.2) is 36.4 Å². The molecule has 2 fully saturated rings. The minimum Gasteiger partial charge on any atom is -0.497 e. The van der Waals surface area contributed by atoms with E-state index in [2.05, 4.69) is 19.2 Å². The summed E-state index contributed by atoms with van der Waals surface area (Å²) in [5.74, 6) is 0.343. The lowest BCUT2D eigenvalue weighted by molar-refractivity contribution is -0.132. The van der Waals surface area contributed by atoms with Gasteiger partial charge < -0.3 is 19.7 Å². The van der Waals surface area contributed by atoms with Gasteiger partial charge >= 0.3 is 0 Å². The molecule has 2 amide bonds. The summed E-state index contributed by atoms with van der Waals surface area (Å²) in [5, 5.41) is 3.14. The fourth-order valence-electron chi connectivity index (χ4n) is 5.02. The van der Waals surface area contributed by atoms with Gasteiger partial charge in [-0.3, -0.25) is 9.59 Å². The molecule has 4 rings (SSSR count). The van der Waals surface area contributed by atoms with Gasteiger partial charge in [-0.05, 0) is 43.5 Å². The van der Waals surface area contributed by atoms with Crippen LogP contribution in [0.2, 0.25) is 0 Å². The molecule has 3 aliphatic rings. The molecule has 0 aromatic heterocycles. The summed E-state index contributed by atoms with van der Waals surface area (Å²) in [6, 6.07) is 7.51. The maximum Gasteiger partial charge on any atom is 0.234 e. The molecule has 2 saturated heterocycles. The smallest absolute Gasteiger partial charge is 0.234 e. The van der Waals surface area contributed by atoms with Gasteiger partial charge in [0.15, 0.2) is 0 Å². The van der Waals surface area contributed by atoms with Crippen LogP contribution >= 0.6 is 0 Å². The molecule has 1 spiro atoms. The summed E-state index contributed by atoms with van der Waals surface area (Å²) >= 11 is 0. The van der Waals surface area contributed by atoms with Crippen molar-refractivity contribution >= 4 is 17.5 Å². The highest BCUT2D eigenvalue weighted by molar-refractivity contribution is 6.03. The van der Waals surface area contributed by atoms with Crippen LogP contribution < -0.4 is 15.0 Å². The van der Waals surface area contributed by atoms with Crippen molar-refractivity contribution in [3.05, 3.63) is 36.4 Å². The second kappa shape index (κ2) is 8.06. The molecule has 3 heterocycles. The monoisotopic (exact) mass is 412 g/mol.